The zero-order valence-electron chi connectivity index (χ0n) is 14.6. The Balaban J connectivity index is 1.43. The summed E-state index contributed by atoms with van der Waals surface area (Å²) in [5, 5.41) is 10.7. The molecule has 0 unspecified atom stereocenters. The molecule has 1 amide bonds. The van der Waals surface area contributed by atoms with Crippen molar-refractivity contribution >= 4 is 17.7 Å². The maximum absolute atomic E-state index is 12.8. The maximum atomic E-state index is 12.8. The first-order valence-corrected chi connectivity index (χ1v) is 9.24. The first kappa shape index (κ1) is 19.5. The number of carbonyl (C=O) groups excluding carboxylic acids is 1. The molecule has 3 aromatic rings. The number of aryl methyl sites for hydroxylation is 2. The lowest BCUT2D eigenvalue weighted by atomic mass is 10.2. The minimum atomic E-state index is -0.514. The lowest BCUT2D eigenvalue weighted by Gasteiger charge is -2.04. The smallest absolute Gasteiger partial charge is 0.328 e. The average molecular weight is 405 g/mol. The van der Waals surface area contributed by atoms with E-state index in [-0.39, 0.29) is 29.2 Å². The van der Waals surface area contributed by atoms with Crippen molar-refractivity contribution < 1.29 is 13.6 Å². The Morgan fingerprint density at radius 1 is 1.21 bits per heavy atom. The number of thioether (sulfide) groups is 1. The molecule has 0 saturated heterocycles. The normalized spacial score (nSPS) is 10.8. The number of benzene rings is 1. The van der Waals surface area contributed by atoms with Crippen LogP contribution in [0.3, 0.4) is 0 Å². The molecule has 0 atom stereocenters. The van der Waals surface area contributed by atoms with Crippen LogP contribution in [0.5, 0.6) is 0 Å². The Labute approximate surface area is 162 Å². The average Bonchev–Trinajstić information content (AvgIpc) is 3.13. The number of nitrogens with one attached hydrogen (secondary N) is 2. The van der Waals surface area contributed by atoms with E-state index in [4.69, 9.17) is 4.42 Å². The first-order chi connectivity index (χ1) is 13.5. The summed E-state index contributed by atoms with van der Waals surface area (Å²) in [4.78, 5) is 36.7. The maximum Gasteiger partial charge on any atom is 0.328 e. The molecule has 2 heterocycles. The van der Waals surface area contributed by atoms with Crippen molar-refractivity contribution in [1.82, 2.24) is 25.1 Å². The summed E-state index contributed by atoms with van der Waals surface area (Å²) in [6, 6.07) is 7.11. The van der Waals surface area contributed by atoms with Gasteiger partial charge in [-0.1, -0.05) is 23.9 Å². The highest BCUT2D eigenvalue weighted by Gasteiger charge is 2.10. The van der Waals surface area contributed by atoms with Crippen molar-refractivity contribution in [2.24, 2.45) is 0 Å². The Hall–Kier alpha value is -3.21. The minimum Gasteiger partial charge on any atom is -0.416 e. The van der Waals surface area contributed by atoms with E-state index in [9.17, 15) is 18.8 Å². The number of rotatable bonds is 8. The molecular weight excluding hydrogens is 389 g/mol. The molecule has 28 heavy (non-hydrogen) atoms. The van der Waals surface area contributed by atoms with Crippen LogP contribution in [0.2, 0.25) is 0 Å². The summed E-state index contributed by atoms with van der Waals surface area (Å²) >= 11 is 1.09. The summed E-state index contributed by atoms with van der Waals surface area (Å²) in [6.07, 6.45) is 1.69. The van der Waals surface area contributed by atoms with Gasteiger partial charge >= 0.3 is 5.69 Å². The van der Waals surface area contributed by atoms with E-state index in [1.807, 2.05) is 0 Å². The molecule has 0 fully saturated rings. The first-order valence-electron chi connectivity index (χ1n) is 8.26. The van der Waals surface area contributed by atoms with E-state index in [0.717, 1.165) is 17.3 Å². The molecule has 0 aliphatic carbocycles. The van der Waals surface area contributed by atoms with Gasteiger partial charge in [-0.15, -0.1) is 10.2 Å². The molecule has 146 valence electrons. The molecule has 11 heteroatoms. The van der Waals surface area contributed by atoms with Gasteiger partial charge in [-0.05, 0) is 17.7 Å². The number of halogens is 1. The predicted molar refractivity (Wildman–Crippen MR) is 98.3 cm³/mol. The fourth-order valence-corrected chi connectivity index (χ4v) is 2.83. The number of hydrogen-bond donors (Lipinski definition) is 2. The number of carbonyl (C=O) groups is 1. The number of aromatic nitrogens is 4. The molecule has 0 radical (unpaired) electrons. The van der Waals surface area contributed by atoms with Crippen LogP contribution in [-0.4, -0.2) is 31.4 Å². The van der Waals surface area contributed by atoms with Gasteiger partial charge in [0.1, 0.15) is 5.82 Å². The van der Waals surface area contributed by atoms with Gasteiger partial charge in [0, 0.05) is 31.8 Å². The van der Waals surface area contributed by atoms with E-state index in [1.54, 1.807) is 12.1 Å². The van der Waals surface area contributed by atoms with E-state index in [0.29, 0.717) is 18.9 Å². The predicted octanol–water partition coefficient (Wildman–Crippen LogP) is 0.710. The van der Waals surface area contributed by atoms with Gasteiger partial charge in [-0.25, -0.2) is 9.18 Å². The molecule has 2 aromatic heterocycles. The topological polar surface area (TPSA) is 123 Å². The van der Waals surface area contributed by atoms with Crippen LogP contribution in [-0.2, 0) is 24.3 Å². The van der Waals surface area contributed by atoms with Crippen molar-refractivity contribution in [2.75, 3.05) is 5.75 Å². The van der Waals surface area contributed by atoms with Gasteiger partial charge < -0.3 is 14.3 Å². The van der Waals surface area contributed by atoms with Crippen LogP contribution in [0.25, 0.3) is 0 Å². The highest BCUT2D eigenvalue weighted by Crippen LogP contribution is 2.16. The van der Waals surface area contributed by atoms with E-state index in [1.165, 1.54) is 29.0 Å². The van der Waals surface area contributed by atoms with Crippen molar-refractivity contribution in [3.8, 4) is 0 Å². The Bertz CT molecular complexity index is 1060. The monoisotopic (exact) mass is 405 g/mol. The zero-order chi connectivity index (χ0) is 19.9. The van der Waals surface area contributed by atoms with Gasteiger partial charge in [0.05, 0.1) is 5.75 Å². The molecule has 9 nitrogen and oxygen atoms in total. The second kappa shape index (κ2) is 9.13. The molecule has 0 bridgehead atoms. The summed E-state index contributed by atoms with van der Waals surface area (Å²) in [7, 11) is 0. The van der Waals surface area contributed by atoms with Gasteiger partial charge in [0.2, 0.25) is 11.8 Å². The largest absolute Gasteiger partial charge is 0.416 e. The van der Waals surface area contributed by atoms with Crippen LogP contribution in [0.1, 0.15) is 11.5 Å². The van der Waals surface area contributed by atoms with Crippen LogP contribution in [0.4, 0.5) is 4.39 Å². The van der Waals surface area contributed by atoms with Crippen molar-refractivity contribution in [3.05, 3.63) is 74.6 Å². The number of amides is 1. The lowest BCUT2D eigenvalue weighted by Crippen LogP contribution is -2.29. The molecule has 0 spiro atoms. The number of H-pyrrole nitrogens is 1. The molecule has 0 aliphatic rings. The third-order valence-electron chi connectivity index (χ3n) is 3.64. The van der Waals surface area contributed by atoms with Crippen LogP contribution in [0.15, 0.2) is 55.8 Å². The molecule has 1 aromatic carbocycles. The second-order valence-electron chi connectivity index (χ2n) is 5.71. The van der Waals surface area contributed by atoms with Crippen molar-refractivity contribution in [3.63, 3.8) is 0 Å². The standard InChI is InChI=1S/C17H16FN5O4S/c18-12-3-1-11(2-4-12)9-19-14(25)10-28-17-22-21-15(27-17)6-8-23-7-5-13(24)20-16(23)26/h1-5,7H,6,8-10H2,(H,19,25)(H,20,24,26). The highest BCUT2D eigenvalue weighted by atomic mass is 32.2. The minimum absolute atomic E-state index is 0.0855. The molecular formula is C17H16FN5O4S. The van der Waals surface area contributed by atoms with Crippen LogP contribution in [0, 0.1) is 5.82 Å². The van der Waals surface area contributed by atoms with Gasteiger partial charge in [-0.3, -0.25) is 14.6 Å². The summed E-state index contributed by atoms with van der Waals surface area (Å²) in [6.45, 7) is 0.558. The van der Waals surface area contributed by atoms with E-state index in [2.05, 4.69) is 20.5 Å². The fourth-order valence-electron chi connectivity index (χ4n) is 2.22. The van der Waals surface area contributed by atoms with Gasteiger partial charge in [0.15, 0.2) is 0 Å². The fraction of sp³-hybridized carbons (Fsp3) is 0.235. The summed E-state index contributed by atoms with van der Waals surface area (Å²) in [5.41, 5.74) is -0.188. The van der Waals surface area contributed by atoms with E-state index < -0.39 is 11.2 Å². The number of aromatic amines is 1. The van der Waals surface area contributed by atoms with Crippen molar-refractivity contribution in [2.45, 2.75) is 24.7 Å². The van der Waals surface area contributed by atoms with Crippen LogP contribution < -0.4 is 16.6 Å². The Morgan fingerprint density at radius 3 is 2.75 bits per heavy atom. The zero-order valence-corrected chi connectivity index (χ0v) is 15.4. The third kappa shape index (κ3) is 5.64. The van der Waals surface area contributed by atoms with Gasteiger partial charge in [0.25, 0.3) is 10.8 Å². The lowest BCUT2D eigenvalue weighted by molar-refractivity contribution is -0.118. The second-order valence-corrected chi connectivity index (χ2v) is 6.63. The van der Waals surface area contributed by atoms with Crippen molar-refractivity contribution in [1.29, 1.82) is 0 Å². The summed E-state index contributed by atoms with van der Waals surface area (Å²) < 4.78 is 19.6. The van der Waals surface area contributed by atoms with E-state index >= 15 is 0 Å². The summed E-state index contributed by atoms with van der Waals surface area (Å²) in [5.74, 6) is -0.160. The highest BCUT2D eigenvalue weighted by molar-refractivity contribution is 7.99. The molecule has 0 aliphatic heterocycles. The van der Waals surface area contributed by atoms with Crippen LogP contribution >= 0.6 is 11.8 Å². The van der Waals surface area contributed by atoms with Gasteiger partial charge in [-0.2, -0.15) is 0 Å². The molecule has 3 rings (SSSR count). The number of nitrogens with zero attached hydrogens (tertiary/aromatic N) is 3. The third-order valence-corrected chi connectivity index (χ3v) is 4.46. The molecule has 0 saturated carbocycles. The SMILES string of the molecule is O=C(CSc1nnc(CCn2ccc(=O)[nH]c2=O)o1)NCc1ccc(F)cc1. The molecule has 2 N–H and O–H groups in total. The number of hydrogen-bond acceptors (Lipinski definition) is 7. The Kier molecular flexibility index (Phi) is 6.37. The Morgan fingerprint density at radius 2 is 2.00 bits per heavy atom. The quantitative estimate of drug-likeness (QED) is 0.529.